The van der Waals surface area contributed by atoms with E-state index in [2.05, 4.69) is 19.9 Å². The third-order valence-electron chi connectivity index (χ3n) is 4.79. The fraction of sp³-hybridized carbons (Fsp3) is 0.364. The second-order valence-electron chi connectivity index (χ2n) is 6.59. The summed E-state index contributed by atoms with van der Waals surface area (Å²) in [6, 6.07) is 11.3. The van der Waals surface area contributed by atoms with Gasteiger partial charge in [-0.3, -0.25) is 9.59 Å². The van der Waals surface area contributed by atoms with Crippen LogP contribution in [-0.2, 0) is 12.8 Å². The minimum absolute atomic E-state index is 0.00343. The highest BCUT2D eigenvalue weighted by Gasteiger charge is 2.31. The Balaban J connectivity index is 2.14. The topological polar surface area (TPSA) is 34.1 Å². The summed E-state index contributed by atoms with van der Waals surface area (Å²) >= 11 is 0. The summed E-state index contributed by atoms with van der Waals surface area (Å²) in [5.74, 6) is 0.00430. The van der Waals surface area contributed by atoms with E-state index in [4.69, 9.17) is 0 Å². The molecule has 2 nitrogen and oxygen atoms in total. The molecule has 0 saturated carbocycles. The van der Waals surface area contributed by atoms with E-state index in [1.807, 2.05) is 18.2 Å². The van der Waals surface area contributed by atoms with E-state index in [1.165, 1.54) is 5.56 Å². The second-order valence-corrected chi connectivity index (χ2v) is 6.59. The monoisotopic (exact) mass is 320 g/mol. The fourth-order valence-electron chi connectivity index (χ4n) is 3.46. The Bertz CT molecular complexity index is 787. The molecule has 0 fully saturated rings. The van der Waals surface area contributed by atoms with Crippen molar-refractivity contribution in [2.24, 2.45) is 0 Å². The number of aryl methyl sites for hydroxylation is 2. The molecule has 3 rings (SSSR count). The fourth-order valence-corrected chi connectivity index (χ4v) is 3.46. The number of rotatable bonds is 6. The lowest BCUT2D eigenvalue weighted by atomic mass is 9.79. The number of ketones is 2. The van der Waals surface area contributed by atoms with Crippen LogP contribution in [0.5, 0.6) is 0 Å². The van der Waals surface area contributed by atoms with Gasteiger partial charge in [-0.05, 0) is 42.9 Å². The number of carbonyl (C=O) groups excluding carboxylic acids is 2. The Morgan fingerprint density at radius 1 is 0.750 bits per heavy atom. The lowest BCUT2D eigenvalue weighted by Crippen LogP contribution is -2.23. The van der Waals surface area contributed by atoms with Gasteiger partial charge in [-0.1, -0.05) is 57.0 Å². The molecular formula is C22H24O2. The first-order valence-corrected chi connectivity index (χ1v) is 9.01. The second kappa shape index (κ2) is 7.12. The molecule has 0 aromatic heterocycles. The first-order chi connectivity index (χ1) is 11.7. The quantitative estimate of drug-likeness (QED) is 0.629. The summed E-state index contributed by atoms with van der Waals surface area (Å²) in [6.45, 7) is 4.32. The van der Waals surface area contributed by atoms with E-state index >= 15 is 0 Å². The van der Waals surface area contributed by atoms with Crippen molar-refractivity contribution in [1.29, 1.82) is 0 Å². The molecule has 2 heteroatoms. The molecule has 2 aromatic carbocycles. The van der Waals surface area contributed by atoms with Gasteiger partial charge in [0.25, 0.3) is 0 Å². The minimum atomic E-state index is -0.00343. The van der Waals surface area contributed by atoms with Crippen LogP contribution in [-0.4, -0.2) is 11.6 Å². The molecule has 2 aromatic rings. The largest absolute Gasteiger partial charge is 0.289 e. The smallest absolute Gasteiger partial charge is 0.194 e. The average Bonchev–Trinajstić information content (AvgIpc) is 2.62. The van der Waals surface area contributed by atoms with E-state index in [0.717, 1.165) is 44.1 Å². The summed E-state index contributed by atoms with van der Waals surface area (Å²) in [5.41, 5.74) is 4.58. The van der Waals surface area contributed by atoms with Crippen molar-refractivity contribution in [2.75, 3.05) is 0 Å². The van der Waals surface area contributed by atoms with Gasteiger partial charge in [0.05, 0.1) is 0 Å². The van der Waals surface area contributed by atoms with Gasteiger partial charge in [0.1, 0.15) is 0 Å². The molecule has 0 unspecified atom stereocenters. The average molecular weight is 320 g/mol. The molecule has 0 amide bonds. The van der Waals surface area contributed by atoms with E-state index in [9.17, 15) is 9.59 Å². The van der Waals surface area contributed by atoms with Gasteiger partial charge < -0.3 is 0 Å². The third kappa shape index (κ3) is 2.93. The van der Waals surface area contributed by atoms with Crippen molar-refractivity contribution in [3.63, 3.8) is 0 Å². The van der Waals surface area contributed by atoms with Gasteiger partial charge in [-0.25, -0.2) is 0 Å². The molecule has 0 atom stereocenters. The third-order valence-corrected chi connectivity index (χ3v) is 4.79. The van der Waals surface area contributed by atoms with Crippen molar-refractivity contribution < 1.29 is 9.59 Å². The Hall–Kier alpha value is -2.22. The van der Waals surface area contributed by atoms with Gasteiger partial charge in [-0.2, -0.15) is 0 Å². The number of benzene rings is 2. The summed E-state index contributed by atoms with van der Waals surface area (Å²) < 4.78 is 0. The number of carbonyl (C=O) groups is 2. The molecule has 124 valence electrons. The zero-order valence-corrected chi connectivity index (χ0v) is 14.5. The first-order valence-electron chi connectivity index (χ1n) is 9.01. The highest BCUT2D eigenvalue weighted by molar-refractivity contribution is 6.28. The van der Waals surface area contributed by atoms with Gasteiger partial charge in [0, 0.05) is 22.3 Å². The van der Waals surface area contributed by atoms with Crippen LogP contribution >= 0.6 is 0 Å². The predicted octanol–water partition coefficient (Wildman–Crippen LogP) is 5.15. The molecule has 0 spiro atoms. The van der Waals surface area contributed by atoms with Crippen molar-refractivity contribution in [1.82, 2.24) is 0 Å². The summed E-state index contributed by atoms with van der Waals surface area (Å²) in [5, 5.41) is 0. The molecule has 0 aliphatic heterocycles. The van der Waals surface area contributed by atoms with Crippen LogP contribution < -0.4 is 0 Å². The lowest BCUT2D eigenvalue weighted by Gasteiger charge is -2.21. The highest BCUT2D eigenvalue weighted by Crippen LogP contribution is 2.31. The Kier molecular flexibility index (Phi) is 4.94. The molecule has 0 N–H and O–H groups in total. The predicted molar refractivity (Wildman–Crippen MR) is 97.0 cm³/mol. The Morgan fingerprint density at radius 2 is 1.38 bits per heavy atom. The standard InChI is InChI=1S/C22H24O2/c1-3-5-9-15-13-16(10-6-4-2)20-19(14-15)21(23)17-11-7-8-12-18(17)22(20)24/h7-8,11-14H,3-6,9-10H2,1-2H3. The van der Waals surface area contributed by atoms with Crippen molar-refractivity contribution >= 4 is 11.6 Å². The van der Waals surface area contributed by atoms with Gasteiger partial charge in [0.15, 0.2) is 11.6 Å². The van der Waals surface area contributed by atoms with Crippen LogP contribution in [0.25, 0.3) is 0 Å². The lowest BCUT2D eigenvalue weighted by molar-refractivity contribution is 0.0978. The molecule has 0 bridgehead atoms. The zero-order chi connectivity index (χ0) is 17.1. The van der Waals surface area contributed by atoms with E-state index in [1.54, 1.807) is 12.1 Å². The van der Waals surface area contributed by atoms with E-state index in [0.29, 0.717) is 22.3 Å². The number of fused-ring (bicyclic) bond motifs is 2. The van der Waals surface area contributed by atoms with Crippen LogP contribution in [0.4, 0.5) is 0 Å². The summed E-state index contributed by atoms with van der Waals surface area (Å²) in [4.78, 5) is 26.0. The summed E-state index contributed by atoms with van der Waals surface area (Å²) in [7, 11) is 0. The van der Waals surface area contributed by atoms with Crippen LogP contribution in [0.15, 0.2) is 36.4 Å². The Morgan fingerprint density at radius 3 is 2.04 bits per heavy atom. The van der Waals surface area contributed by atoms with Crippen molar-refractivity contribution in [3.8, 4) is 0 Å². The Labute approximate surface area is 143 Å². The van der Waals surface area contributed by atoms with E-state index in [-0.39, 0.29) is 11.6 Å². The number of hydrogen-bond acceptors (Lipinski definition) is 2. The maximum absolute atomic E-state index is 13.0. The minimum Gasteiger partial charge on any atom is -0.289 e. The maximum atomic E-state index is 13.0. The summed E-state index contributed by atoms with van der Waals surface area (Å²) in [6.07, 6.45) is 6.16. The molecule has 0 saturated heterocycles. The van der Waals surface area contributed by atoms with Crippen LogP contribution in [0, 0.1) is 0 Å². The SMILES string of the molecule is CCCCc1cc(CCCC)c2c(c1)C(=O)c1ccccc1C2=O. The van der Waals surface area contributed by atoms with Gasteiger partial charge in [0.2, 0.25) is 0 Å². The van der Waals surface area contributed by atoms with Crippen LogP contribution in [0.3, 0.4) is 0 Å². The molecule has 24 heavy (non-hydrogen) atoms. The maximum Gasteiger partial charge on any atom is 0.194 e. The molecule has 1 aliphatic carbocycles. The molecule has 0 radical (unpaired) electrons. The normalized spacial score (nSPS) is 12.9. The molecule has 0 heterocycles. The van der Waals surface area contributed by atoms with Gasteiger partial charge in [-0.15, -0.1) is 0 Å². The van der Waals surface area contributed by atoms with Crippen molar-refractivity contribution in [3.05, 3.63) is 69.8 Å². The number of unbranched alkanes of at least 4 members (excludes halogenated alkanes) is 2. The van der Waals surface area contributed by atoms with Gasteiger partial charge >= 0.3 is 0 Å². The first kappa shape index (κ1) is 16.6. The van der Waals surface area contributed by atoms with E-state index < -0.39 is 0 Å². The van der Waals surface area contributed by atoms with Crippen LogP contribution in [0.1, 0.15) is 82.5 Å². The van der Waals surface area contributed by atoms with Crippen LogP contribution in [0.2, 0.25) is 0 Å². The van der Waals surface area contributed by atoms with Crippen molar-refractivity contribution in [2.45, 2.75) is 52.4 Å². The zero-order valence-electron chi connectivity index (χ0n) is 14.5. The number of hydrogen-bond donors (Lipinski definition) is 0. The molecular weight excluding hydrogens is 296 g/mol. The molecule has 1 aliphatic rings. The highest BCUT2D eigenvalue weighted by atomic mass is 16.1.